The maximum Gasteiger partial charge on any atom is 0.490 e. The Morgan fingerprint density at radius 3 is 2.22 bits per heavy atom. The summed E-state index contributed by atoms with van der Waals surface area (Å²) in [6.45, 7) is 1.43. The van der Waals surface area contributed by atoms with Crippen LogP contribution >= 0.6 is 11.8 Å². The number of morpholine rings is 1. The topological polar surface area (TPSA) is 183 Å². The molecule has 0 saturated carbocycles. The van der Waals surface area contributed by atoms with Crippen LogP contribution in [0.2, 0.25) is 0 Å². The average Bonchev–Trinajstić information content (AvgIpc) is 3.08. The van der Waals surface area contributed by atoms with E-state index in [1.807, 2.05) is 6.26 Å². The Labute approximate surface area is 292 Å². The van der Waals surface area contributed by atoms with Crippen LogP contribution in [-0.2, 0) is 30.3 Å². The minimum absolute atomic E-state index is 0.153. The summed E-state index contributed by atoms with van der Waals surface area (Å²) in [5, 5.41) is 17.8. The van der Waals surface area contributed by atoms with Gasteiger partial charge in [-0.05, 0) is 67.6 Å². The number of rotatable bonds is 9. The van der Waals surface area contributed by atoms with Crippen LogP contribution in [0.15, 0.2) is 52.3 Å². The standard InChI is InChI=1S/C28H34F3N5O6S2.C2HF3O2/c1-43-20-3-5-21(6-4-20)44(40,41)17-18-8-9-32-15-24(18)34-25(37)16-33-26(38)22-14-19(28(29,30)31)2-7-23(22)35-27(39)36-10-12-42-13-11-36;3-2(4,5)1(6)7/h2-7,14,18,24,32H,8-13,15-17H2,1H3,(H,33,38)(H,34,37)(H,35,39);(H,6,7)/t18-,24-;/m0./s1. The SMILES string of the molecule is CSc1ccc(S(=O)(=O)C[C@@H]2CCNC[C@@H]2NC(=O)CNC(=O)c2cc(C(F)(F)F)ccc2NC(=O)N2CCOCC2)cc1.O=C(O)C(F)(F)F. The van der Waals surface area contributed by atoms with Gasteiger partial charge in [-0.2, -0.15) is 26.3 Å². The minimum atomic E-state index is -5.08. The van der Waals surface area contributed by atoms with E-state index in [2.05, 4.69) is 21.3 Å². The van der Waals surface area contributed by atoms with Gasteiger partial charge in [-0.1, -0.05) is 0 Å². The van der Waals surface area contributed by atoms with Gasteiger partial charge in [-0.25, -0.2) is 18.0 Å². The zero-order valence-electron chi connectivity index (χ0n) is 26.9. The molecule has 5 N–H and O–H groups in total. The number of hydrogen-bond acceptors (Lipinski definition) is 9. The highest BCUT2D eigenvalue weighted by atomic mass is 32.2. The molecule has 21 heteroatoms. The second-order valence-electron chi connectivity index (χ2n) is 11.2. The first-order valence-electron chi connectivity index (χ1n) is 15.1. The fourth-order valence-electron chi connectivity index (χ4n) is 4.93. The predicted octanol–water partition coefficient (Wildman–Crippen LogP) is 3.22. The van der Waals surface area contributed by atoms with E-state index in [1.165, 1.54) is 16.7 Å². The molecule has 0 aliphatic carbocycles. The van der Waals surface area contributed by atoms with Gasteiger partial charge in [0.1, 0.15) is 0 Å². The van der Waals surface area contributed by atoms with E-state index in [0.29, 0.717) is 38.8 Å². The molecule has 0 bridgehead atoms. The van der Waals surface area contributed by atoms with Crippen molar-refractivity contribution in [2.24, 2.45) is 5.92 Å². The van der Waals surface area contributed by atoms with E-state index < -0.39 is 75.6 Å². The van der Waals surface area contributed by atoms with Crippen LogP contribution in [0.4, 0.5) is 36.8 Å². The van der Waals surface area contributed by atoms with E-state index in [-0.39, 0.29) is 29.4 Å². The number of carbonyl (C=O) groups is 4. The quantitative estimate of drug-likeness (QED) is 0.188. The molecule has 2 heterocycles. The van der Waals surface area contributed by atoms with E-state index in [1.54, 1.807) is 24.3 Å². The van der Waals surface area contributed by atoms with Crippen LogP contribution in [0.3, 0.4) is 0 Å². The van der Waals surface area contributed by atoms with E-state index in [4.69, 9.17) is 14.6 Å². The van der Waals surface area contributed by atoms with Crippen molar-refractivity contribution >= 4 is 51.1 Å². The van der Waals surface area contributed by atoms with Crippen LogP contribution in [-0.4, -0.2) is 112 Å². The fourth-order valence-corrected chi connectivity index (χ4v) is 7.05. The maximum atomic E-state index is 13.4. The molecule has 2 atom stereocenters. The molecular formula is C30H35F6N5O8S2. The molecular weight excluding hydrogens is 736 g/mol. The first kappa shape index (κ1) is 41.3. The maximum absolute atomic E-state index is 13.4. The Morgan fingerprint density at radius 2 is 1.65 bits per heavy atom. The molecule has 2 aromatic rings. The van der Waals surface area contributed by atoms with Crippen molar-refractivity contribution in [1.29, 1.82) is 0 Å². The number of urea groups is 1. The summed E-state index contributed by atoms with van der Waals surface area (Å²) in [5.74, 6) is -5.01. The van der Waals surface area contributed by atoms with Gasteiger partial charge in [-0.15, -0.1) is 11.8 Å². The first-order chi connectivity index (χ1) is 23.8. The molecule has 0 radical (unpaired) electrons. The molecule has 0 spiro atoms. The number of sulfone groups is 1. The molecule has 4 amide bonds. The summed E-state index contributed by atoms with van der Waals surface area (Å²) in [6, 6.07) is 7.74. The summed E-state index contributed by atoms with van der Waals surface area (Å²) in [7, 11) is -3.65. The molecule has 2 aliphatic rings. The van der Waals surface area contributed by atoms with Gasteiger partial charge in [-0.3, -0.25) is 9.59 Å². The smallest absolute Gasteiger partial charge is 0.475 e. The number of aliphatic carboxylic acids is 1. The highest BCUT2D eigenvalue weighted by Crippen LogP contribution is 2.32. The van der Waals surface area contributed by atoms with Crippen molar-refractivity contribution in [3.63, 3.8) is 0 Å². The lowest BCUT2D eigenvalue weighted by Crippen LogP contribution is -2.54. The number of carboxylic acids is 1. The molecule has 282 valence electrons. The Bertz CT molecular complexity index is 1650. The number of ether oxygens (including phenoxy) is 1. The number of amides is 4. The van der Waals surface area contributed by atoms with E-state index >= 15 is 0 Å². The van der Waals surface area contributed by atoms with Gasteiger partial charge < -0.3 is 36.0 Å². The number of carboxylic acid groups (broad SMARTS) is 1. The fraction of sp³-hybridized carbons (Fsp3) is 0.467. The molecule has 13 nitrogen and oxygen atoms in total. The Hall–Kier alpha value is -4.08. The summed E-state index contributed by atoms with van der Waals surface area (Å²) < 4.78 is 103. The van der Waals surface area contributed by atoms with Gasteiger partial charge in [0.2, 0.25) is 5.91 Å². The lowest BCUT2D eigenvalue weighted by molar-refractivity contribution is -0.192. The first-order valence-corrected chi connectivity index (χ1v) is 18.0. The van der Waals surface area contributed by atoms with Crippen molar-refractivity contribution < 1.29 is 63.8 Å². The van der Waals surface area contributed by atoms with Crippen LogP contribution in [0.25, 0.3) is 0 Å². The van der Waals surface area contributed by atoms with Crippen molar-refractivity contribution in [2.45, 2.75) is 34.6 Å². The van der Waals surface area contributed by atoms with Crippen LogP contribution < -0.4 is 21.3 Å². The van der Waals surface area contributed by atoms with Crippen molar-refractivity contribution in [3.05, 3.63) is 53.6 Å². The van der Waals surface area contributed by atoms with Crippen molar-refractivity contribution in [3.8, 4) is 0 Å². The number of nitrogens with zero attached hydrogens (tertiary/aromatic N) is 1. The van der Waals surface area contributed by atoms with Crippen molar-refractivity contribution in [2.75, 3.05) is 63.3 Å². The number of thioether (sulfide) groups is 1. The van der Waals surface area contributed by atoms with Gasteiger partial charge in [0.05, 0.1) is 47.2 Å². The third-order valence-corrected chi connectivity index (χ3v) is 10.2. The van der Waals surface area contributed by atoms with Gasteiger partial charge in [0.25, 0.3) is 5.91 Å². The molecule has 2 saturated heterocycles. The van der Waals surface area contributed by atoms with Crippen LogP contribution in [0, 0.1) is 5.92 Å². The third-order valence-electron chi connectivity index (χ3n) is 7.61. The number of carbonyl (C=O) groups excluding carboxylic acids is 3. The average molecular weight is 772 g/mol. The summed E-state index contributed by atoms with van der Waals surface area (Å²) in [6.07, 6.45) is -7.47. The molecule has 51 heavy (non-hydrogen) atoms. The normalized spacial score (nSPS) is 18.1. The lowest BCUT2D eigenvalue weighted by atomic mass is 9.94. The second kappa shape index (κ2) is 17.9. The molecule has 0 unspecified atom stereocenters. The van der Waals surface area contributed by atoms with Crippen molar-refractivity contribution in [1.82, 2.24) is 20.9 Å². The van der Waals surface area contributed by atoms with E-state index in [0.717, 1.165) is 17.0 Å². The number of halogens is 6. The number of nitrogens with one attached hydrogen (secondary N) is 4. The Morgan fingerprint density at radius 1 is 1.02 bits per heavy atom. The second-order valence-corrected chi connectivity index (χ2v) is 14.1. The zero-order valence-corrected chi connectivity index (χ0v) is 28.5. The molecule has 2 aromatic carbocycles. The number of alkyl halides is 6. The minimum Gasteiger partial charge on any atom is -0.475 e. The summed E-state index contributed by atoms with van der Waals surface area (Å²) >= 11 is 1.49. The van der Waals surface area contributed by atoms with Crippen LogP contribution in [0.1, 0.15) is 22.3 Å². The van der Waals surface area contributed by atoms with Crippen LogP contribution in [0.5, 0.6) is 0 Å². The molecule has 2 aliphatic heterocycles. The zero-order chi connectivity index (χ0) is 38.0. The monoisotopic (exact) mass is 771 g/mol. The Balaban J connectivity index is 0.000000908. The highest BCUT2D eigenvalue weighted by Gasteiger charge is 2.38. The van der Waals surface area contributed by atoms with Gasteiger partial charge >= 0.3 is 24.4 Å². The molecule has 2 fully saturated rings. The molecule has 4 rings (SSSR count). The summed E-state index contributed by atoms with van der Waals surface area (Å²) in [5.41, 5.74) is -1.72. The largest absolute Gasteiger partial charge is 0.490 e. The Kier molecular flexibility index (Phi) is 14.5. The van der Waals surface area contributed by atoms with E-state index in [9.17, 15) is 49.1 Å². The molecule has 0 aromatic heterocycles. The summed E-state index contributed by atoms with van der Waals surface area (Å²) in [4.78, 5) is 49.9. The number of piperidine rings is 1. The number of hydrogen-bond donors (Lipinski definition) is 5. The van der Waals surface area contributed by atoms with Gasteiger partial charge in [0.15, 0.2) is 9.84 Å². The predicted molar refractivity (Wildman–Crippen MR) is 172 cm³/mol. The number of anilines is 1. The third kappa shape index (κ3) is 12.6. The number of benzene rings is 2. The van der Waals surface area contributed by atoms with Gasteiger partial charge in [0, 0.05) is 30.6 Å². The lowest BCUT2D eigenvalue weighted by Gasteiger charge is -2.32. The highest BCUT2D eigenvalue weighted by molar-refractivity contribution is 7.98.